The number of carboxylic acids is 1. The first kappa shape index (κ1) is 13.4. The predicted octanol–water partition coefficient (Wildman–Crippen LogP) is 2.01. The molecule has 2 aromatic rings. The molecule has 0 saturated heterocycles. The third-order valence-corrected chi connectivity index (χ3v) is 3.44. The van der Waals surface area contributed by atoms with Crippen molar-refractivity contribution in [3.63, 3.8) is 0 Å². The number of nitrogens with zero attached hydrogens (tertiary/aromatic N) is 2. The minimum absolute atomic E-state index is 0.0348. The Kier molecular flexibility index (Phi) is 3.25. The molecule has 1 aliphatic rings. The molecule has 1 aliphatic carbocycles. The highest BCUT2D eigenvalue weighted by molar-refractivity contribution is 5.96. The maximum absolute atomic E-state index is 12.5. The molecule has 7 heteroatoms. The van der Waals surface area contributed by atoms with Crippen molar-refractivity contribution in [1.29, 1.82) is 0 Å². The Hall–Kier alpha value is -2.57. The van der Waals surface area contributed by atoms with E-state index in [4.69, 9.17) is 14.0 Å². The van der Waals surface area contributed by atoms with Gasteiger partial charge in [0.25, 0.3) is 5.91 Å². The van der Waals surface area contributed by atoms with E-state index in [1.165, 1.54) is 24.2 Å². The fourth-order valence-corrected chi connectivity index (χ4v) is 2.17. The van der Waals surface area contributed by atoms with Crippen molar-refractivity contribution in [1.82, 2.24) is 10.1 Å². The molecule has 1 amide bonds. The van der Waals surface area contributed by atoms with Crippen LogP contribution in [0.5, 0.6) is 0 Å². The van der Waals surface area contributed by atoms with Gasteiger partial charge in [-0.15, -0.1) is 0 Å². The van der Waals surface area contributed by atoms with Crippen molar-refractivity contribution in [3.8, 4) is 11.5 Å². The van der Waals surface area contributed by atoms with Gasteiger partial charge in [0.15, 0.2) is 11.5 Å². The van der Waals surface area contributed by atoms with E-state index in [-0.39, 0.29) is 11.7 Å². The van der Waals surface area contributed by atoms with Crippen LogP contribution in [0.25, 0.3) is 11.5 Å². The van der Waals surface area contributed by atoms with Crippen LogP contribution in [-0.4, -0.2) is 39.1 Å². The van der Waals surface area contributed by atoms with Crippen LogP contribution in [0.1, 0.15) is 30.3 Å². The average Bonchev–Trinajstić information content (AvgIpc) is 2.97. The topological polar surface area (TPSA) is 96.8 Å². The number of rotatable bonds is 5. The molecule has 1 atom stereocenters. The van der Waals surface area contributed by atoms with Gasteiger partial charge in [-0.05, 0) is 31.9 Å². The molecular weight excluding hydrogens is 276 g/mol. The van der Waals surface area contributed by atoms with Crippen LogP contribution in [0, 0.1) is 0 Å². The summed E-state index contributed by atoms with van der Waals surface area (Å²) in [5.41, 5.74) is 0.0846. The number of hydrogen-bond acceptors (Lipinski definition) is 5. The van der Waals surface area contributed by atoms with E-state index in [2.05, 4.69) is 5.16 Å². The molecule has 110 valence electrons. The largest absolute Gasteiger partial charge is 0.480 e. The molecule has 7 nitrogen and oxygen atoms in total. The van der Waals surface area contributed by atoms with E-state index in [9.17, 15) is 9.59 Å². The molecule has 0 aliphatic heterocycles. The van der Waals surface area contributed by atoms with E-state index in [0.717, 1.165) is 12.8 Å². The highest BCUT2D eigenvalue weighted by atomic mass is 16.5. The zero-order chi connectivity index (χ0) is 15.0. The van der Waals surface area contributed by atoms with Crippen molar-refractivity contribution >= 4 is 11.9 Å². The average molecular weight is 290 g/mol. The van der Waals surface area contributed by atoms with Crippen LogP contribution in [0.3, 0.4) is 0 Å². The molecule has 2 aromatic heterocycles. The van der Waals surface area contributed by atoms with Crippen LogP contribution in [0.15, 0.2) is 33.4 Å². The van der Waals surface area contributed by atoms with Gasteiger partial charge in [-0.2, -0.15) is 0 Å². The Labute approximate surface area is 120 Å². The molecule has 0 bridgehead atoms. The maximum Gasteiger partial charge on any atom is 0.326 e. The van der Waals surface area contributed by atoms with Crippen molar-refractivity contribution in [2.75, 3.05) is 0 Å². The lowest BCUT2D eigenvalue weighted by atomic mass is 10.2. The number of aromatic nitrogens is 1. The summed E-state index contributed by atoms with van der Waals surface area (Å²) >= 11 is 0. The smallest absolute Gasteiger partial charge is 0.326 e. The number of furan rings is 1. The predicted molar refractivity (Wildman–Crippen MR) is 70.5 cm³/mol. The first-order chi connectivity index (χ1) is 10.1. The highest BCUT2D eigenvalue weighted by Crippen LogP contribution is 2.31. The van der Waals surface area contributed by atoms with Gasteiger partial charge in [0.1, 0.15) is 6.04 Å². The Morgan fingerprint density at radius 2 is 2.19 bits per heavy atom. The van der Waals surface area contributed by atoms with Crippen LogP contribution in [0.4, 0.5) is 0 Å². The number of carboxylic acid groups (broad SMARTS) is 1. The lowest BCUT2D eigenvalue weighted by molar-refractivity contribution is -0.141. The molecule has 1 saturated carbocycles. The third-order valence-electron chi connectivity index (χ3n) is 3.44. The molecule has 2 heterocycles. The fraction of sp³-hybridized carbons (Fsp3) is 0.357. The lowest BCUT2D eigenvalue weighted by Gasteiger charge is -2.25. The number of carbonyl (C=O) groups excluding carboxylic acids is 1. The van der Waals surface area contributed by atoms with Gasteiger partial charge >= 0.3 is 5.97 Å². The van der Waals surface area contributed by atoms with Gasteiger partial charge in [-0.25, -0.2) is 4.79 Å². The summed E-state index contributed by atoms with van der Waals surface area (Å²) in [7, 11) is 0. The standard InChI is InChI=1S/C14H14N2O5/c1-8(14(18)19)16(9-4-5-9)13(17)10-7-12(21-15-10)11-3-2-6-20-11/h2-3,6-9H,4-5H2,1H3,(H,18,19). The van der Waals surface area contributed by atoms with E-state index in [0.29, 0.717) is 11.5 Å². The molecule has 0 aromatic carbocycles. The Balaban J connectivity index is 1.85. The Morgan fingerprint density at radius 1 is 1.43 bits per heavy atom. The number of amides is 1. The molecule has 1 unspecified atom stereocenters. The van der Waals surface area contributed by atoms with Crippen LogP contribution in [0.2, 0.25) is 0 Å². The Bertz CT molecular complexity index is 657. The first-order valence-corrected chi connectivity index (χ1v) is 6.64. The Morgan fingerprint density at radius 3 is 2.76 bits per heavy atom. The number of hydrogen-bond donors (Lipinski definition) is 1. The molecule has 1 fully saturated rings. The second-order valence-corrected chi connectivity index (χ2v) is 5.01. The summed E-state index contributed by atoms with van der Waals surface area (Å²) in [6.45, 7) is 1.49. The highest BCUT2D eigenvalue weighted by Gasteiger charge is 2.39. The normalized spacial score (nSPS) is 15.7. The molecule has 1 N–H and O–H groups in total. The second kappa shape index (κ2) is 5.08. The quantitative estimate of drug-likeness (QED) is 0.904. The molecular formula is C14H14N2O5. The summed E-state index contributed by atoms with van der Waals surface area (Å²) in [6.07, 6.45) is 3.11. The van der Waals surface area contributed by atoms with Crippen molar-refractivity contribution in [2.24, 2.45) is 0 Å². The zero-order valence-corrected chi connectivity index (χ0v) is 11.4. The summed E-state index contributed by atoms with van der Waals surface area (Å²) < 4.78 is 10.2. The fourth-order valence-electron chi connectivity index (χ4n) is 2.17. The monoisotopic (exact) mass is 290 g/mol. The van der Waals surface area contributed by atoms with Gasteiger partial charge in [-0.1, -0.05) is 5.16 Å². The second-order valence-electron chi connectivity index (χ2n) is 5.01. The van der Waals surface area contributed by atoms with Crippen molar-refractivity contribution in [2.45, 2.75) is 31.8 Å². The minimum atomic E-state index is -1.04. The van der Waals surface area contributed by atoms with Gasteiger partial charge in [0, 0.05) is 12.1 Å². The molecule has 3 rings (SSSR count). The summed E-state index contributed by atoms with van der Waals surface area (Å²) in [4.78, 5) is 25.0. The summed E-state index contributed by atoms with van der Waals surface area (Å²) in [5, 5.41) is 12.9. The van der Waals surface area contributed by atoms with Gasteiger partial charge < -0.3 is 18.9 Å². The summed E-state index contributed by atoms with van der Waals surface area (Å²) in [5.74, 6) is -0.674. The van der Waals surface area contributed by atoms with Gasteiger partial charge in [0.05, 0.1) is 6.26 Å². The van der Waals surface area contributed by atoms with Crippen LogP contribution >= 0.6 is 0 Å². The van der Waals surface area contributed by atoms with E-state index < -0.39 is 17.9 Å². The lowest BCUT2D eigenvalue weighted by Crippen LogP contribution is -2.44. The molecule has 0 spiro atoms. The first-order valence-electron chi connectivity index (χ1n) is 6.64. The zero-order valence-electron chi connectivity index (χ0n) is 11.4. The van der Waals surface area contributed by atoms with Crippen LogP contribution in [-0.2, 0) is 4.79 Å². The van der Waals surface area contributed by atoms with E-state index in [1.54, 1.807) is 12.1 Å². The third kappa shape index (κ3) is 2.54. The van der Waals surface area contributed by atoms with E-state index >= 15 is 0 Å². The van der Waals surface area contributed by atoms with Crippen LogP contribution < -0.4 is 0 Å². The number of aliphatic carboxylic acids is 1. The summed E-state index contributed by atoms with van der Waals surface area (Å²) in [6, 6.07) is 3.92. The SMILES string of the molecule is CC(C(=O)O)N(C(=O)c1cc(-c2ccco2)on1)C1CC1. The molecule has 0 radical (unpaired) electrons. The van der Waals surface area contributed by atoms with Crippen molar-refractivity contribution < 1.29 is 23.6 Å². The molecule has 21 heavy (non-hydrogen) atoms. The van der Waals surface area contributed by atoms with Crippen molar-refractivity contribution in [3.05, 3.63) is 30.2 Å². The minimum Gasteiger partial charge on any atom is -0.480 e. The van der Waals surface area contributed by atoms with Gasteiger partial charge in [-0.3, -0.25) is 4.79 Å². The maximum atomic E-state index is 12.5. The number of carbonyl (C=O) groups is 2. The van der Waals surface area contributed by atoms with Gasteiger partial charge in [0.2, 0.25) is 5.76 Å². The van der Waals surface area contributed by atoms with E-state index in [1.807, 2.05) is 0 Å².